The molecule has 2 saturated heterocycles. The Hall–Kier alpha value is -0.970. The first-order valence-electron chi connectivity index (χ1n) is 8.63. The molecule has 24 heavy (non-hydrogen) atoms. The maximum absolute atomic E-state index is 12.2. The Bertz CT molecular complexity index is 561. The van der Waals surface area contributed by atoms with Crippen molar-refractivity contribution in [3.05, 3.63) is 28.8 Å². The summed E-state index contributed by atoms with van der Waals surface area (Å²) < 4.78 is 0. The van der Waals surface area contributed by atoms with Gasteiger partial charge in [-0.05, 0) is 62.9 Å². The molecule has 0 spiro atoms. The number of hydrogen-bond donors (Lipinski definition) is 2. The van der Waals surface area contributed by atoms with Crippen LogP contribution in [0.3, 0.4) is 0 Å². The number of benzene rings is 1. The molecule has 3 rings (SSSR count). The third-order valence-electron chi connectivity index (χ3n) is 5.07. The predicted octanol–water partition coefficient (Wildman–Crippen LogP) is 3.01. The summed E-state index contributed by atoms with van der Waals surface area (Å²) in [6, 6.07) is 6.06. The lowest BCUT2D eigenvalue weighted by molar-refractivity contribution is -0.125. The highest BCUT2D eigenvalue weighted by atomic mass is 35.5. The highest BCUT2D eigenvalue weighted by Gasteiger charge is 2.26. The number of aryl methyl sites for hydroxylation is 1. The molecule has 2 heterocycles. The fourth-order valence-corrected chi connectivity index (χ4v) is 3.78. The fourth-order valence-electron chi connectivity index (χ4n) is 3.61. The number of piperidine rings is 1. The van der Waals surface area contributed by atoms with Crippen molar-refractivity contribution in [1.82, 2.24) is 10.6 Å². The van der Waals surface area contributed by atoms with Gasteiger partial charge in [0.25, 0.3) is 0 Å². The number of rotatable bonds is 4. The molecular formula is C18H27Cl2N3O. The Labute approximate surface area is 155 Å². The molecule has 0 radical (unpaired) electrons. The first kappa shape index (κ1) is 19.4. The number of anilines is 1. The number of amides is 1. The van der Waals surface area contributed by atoms with E-state index in [-0.39, 0.29) is 24.2 Å². The Balaban J connectivity index is 0.00000208. The predicted molar refractivity (Wildman–Crippen MR) is 102 cm³/mol. The molecule has 6 heteroatoms. The van der Waals surface area contributed by atoms with Gasteiger partial charge in [0, 0.05) is 36.3 Å². The first-order valence-corrected chi connectivity index (χ1v) is 9.01. The molecule has 0 aromatic heterocycles. The number of nitrogens with zero attached hydrogens (tertiary/aromatic N) is 1. The molecule has 0 saturated carbocycles. The molecule has 1 unspecified atom stereocenters. The van der Waals surface area contributed by atoms with E-state index in [1.807, 2.05) is 12.1 Å². The van der Waals surface area contributed by atoms with Crippen molar-refractivity contribution >= 4 is 35.6 Å². The molecule has 134 valence electrons. The van der Waals surface area contributed by atoms with Crippen LogP contribution in [0.1, 0.15) is 24.8 Å². The van der Waals surface area contributed by atoms with Crippen LogP contribution >= 0.6 is 24.0 Å². The standard InChI is InChI=1S/C18H26ClN3O.ClH/c1-13-2-3-16(19)10-17(13)22-9-6-14(12-22)11-21-18(23)15-4-7-20-8-5-15;/h2-3,10,14-15,20H,4-9,11-12H2,1H3,(H,21,23);1H. The van der Waals surface area contributed by atoms with Gasteiger partial charge in [0.2, 0.25) is 5.91 Å². The maximum atomic E-state index is 12.2. The van der Waals surface area contributed by atoms with Crippen LogP contribution in [-0.4, -0.2) is 38.6 Å². The fraction of sp³-hybridized carbons (Fsp3) is 0.611. The van der Waals surface area contributed by atoms with Crippen molar-refractivity contribution in [2.75, 3.05) is 37.6 Å². The smallest absolute Gasteiger partial charge is 0.223 e. The molecular weight excluding hydrogens is 345 g/mol. The zero-order valence-electron chi connectivity index (χ0n) is 14.2. The molecule has 1 aromatic rings. The van der Waals surface area contributed by atoms with Gasteiger partial charge >= 0.3 is 0 Å². The van der Waals surface area contributed by atoms with E-state index in [9.17, 15) is 4.79 Å². The van der Waals surface area contributed by atoms with Crippen LogP contribution in [0, 0.1) is 18.8 Å². The molecule has 4 nitrogen and oxygen atoms in total. The molecule has 2 N–H and O–H groups in total. The summed E-state index contributed by atoms with van der Waals surface area (Å²) in [5.41, 5.74) is 2.48. The zero-order chi connectivity index (χ0) is 16.2. The topological polar surface area (TPSA) is 44.4 Å². The molecule has 0 bridgehead atoms. The summed E-state index contributed by atoms with van der Waals surface area (Å²) in [6.45, 7) is 6.87. The highest BCUT2D eigenvalue weighted by molar-refractivity contribution is 6.30. The number of nitrogens with one attached hydrogen (secondary N) is 2. The first-order chi connectivity index (χ1) is 11.1. The van der Waals surface area contributed by atoms with Crippen molar-refractivity contribution in [2.24, 2.45) is 11.8 Å². The molecule has 1 atom stereocenters. The normalized spacial score (nSPS) is 21.4. The van der Waals surface area contributed by atoms with Crippen molar-refractivity contribution in [1.29, 1.82) is 0 Å². The van der Waals surface area contributed by atoms with E-state index in [1.54, 1.807) is 0 Å². The van der Waals surface area contributed by atoms with Gasteiger partial charge in [0.05, 0.1) is 0 Å². The molecule has 1 amide bonds. The number of carbonyl (C=O) groups excluding carboxylic acids is 1. The third kappa shape index (κ3) is 4.78. The summed E-state index contributed by atoms with van der Waals surface area (Å²) in [5.74, 6) is 0.965. The number of halogens is 2. The lowest BCUT2D eigenvalue weighted by Crippen LogP contribution is -2.40. The van der Waals surface area contributed by atoms with E-state index >= 15 is 0 Å². The Morgan fingerprint density at radius 3 is 2.83 bits per heavy atom. The molecule has 2 fully saturated rings. The molecule has 0 aliphatic carbocycles. The lowest BCUT2D eigenvalue weighted by atomic mass is 9.97. The lowest BCUT2D eigenvalue weighted by Gasteiger charge is -2.23. The monoisotopic (exact) mass is 371 g/mol. The van der Waals surface area contributed by atoms with Crippen LogP contribution in [0.15, 0.2) is 18.2 Å². The van der Waals surface area contributed by atoms with Gasteiger partial charge in [-0.1, -0.05) is 17.7 Å². The van der Waals surface area contributed by atoms with Crippen LogP contribution in [0.25, 0.3) is 0 Å². The largest absolute Gasteiger partial charge is 0.371 e. The Morgan fingerprint density at radius 2 is 2.08 bits per heavy atom. The van der Waals surface area contributed by atoms with E-state index < -0.39 is 0 Å². The van der Waals surface area contributed by atoms with Crippen LogP contribution in [0.2, 0.25) is 5.02 Å². The zero-order valence-corrected chi connectivity index (χ0v) is 15.8. The third-order valence-corrected chi connectivity index (χ3v) is 5.31. The van der Waals surface area contributed by atoms with Crippen LogP contribution in [0.5, 0.6) is 0 Å². The average Bonchev–Trinajstić information content (AvgIpc) is 3.04. The van der Waals surface area contributed by atoms with Gasteiger partial charge in [-0.25, -0.2) is 0 Å². The van der Waals surface area contributed by atoms with Gasteiger partial charge in [0.15, 0.2) is 0 Å². The van der Waals surface area contributed by atoms with Crippen molar-refractivity contribution in [3.63, 3.8) is 0 Å². The number of hydrogen-bond acceptors (Lipinski definition) is 3. The van der Waals surface area contributed by atoms with Gasteiger partial charge in [-0.3, -0.25) is 4.79 Å². The summed E-state index contributed by atoms with van der Waals surface area (Å²) >= 11 is 6.13. The second-order valence-corrected chi connectivity index (χ2v) is 7.24. The van der Waals surface area contributed by atoms with Gasteiger partial charge < -0.3 is 15.5 Å². The Kier molecular flexibility index (Phi) is 7.20. The van der Waals surface area contributed by atoms with E-state index in [4.69, 9.17) is 11.6 Å². The van der Waals surface area contributed by atoms with E-state index in [1.165, 1.54) is 11.3 Å². The Morgan fingerprint density at radius 1 is 1.33 bits per heavy atom. The summed E-state index contributed by atoms with van der Waals surface area (Å²) in [6.07, 6.45) is 3.05. The van der Waals surface area contributed by atoms with Crippen molar-refractivity contribution < 1.29 is 4.79 Å². The molecule has 1 aromatic carbocycles. The van der Waals surface area contributed by atoms with E-state index in [0.29, 0.717) is 5.92 Å². The molecule has 2 aliphatic rings. The minimum atomic E-state index is 0. The summed E-state index contributed by atoms with van der Waals surface area (Å²) in [7, 11) is 0. The van der Waals surface area contributed by atoms with Crippen molar-refractivity contribution in [3.8, 4) is 0 Å². The summed E-state index contributed by atoms with van der Waals surface area (Å²) in [5, 5.41) is 7.26. The summed E-state index contributed by atoms with van der Waals surface area (Å²) in [4.78, 5) is 14.6. The SMILES string of the molecule is Cc1ccc(Cl)cc1N1CCC(CNC(=O)C2CCNCC2)C1.Cl. The molecule has 2 aliphatic heterocycles. The maximum Gasteiger partial charge on any atom is 0.223 e. The van der Waals surface area contributed by atoms with Gasteiger partial charge in [0.1, 0.15) is 0 Å². The van der Waals surface area contributed by atoms with Crippen molar-refractivity contribution in [2.45, 2.75) is 26.2 Å². The quantitative estimate of drug-likeness (QED) is 0.854. The van der Waals surface area contributed by atoms with E-state index in [0.717, 1.165) is 57.0 Å². The second kappa shape index (κ2) is 8.93. The second-order valence-electron chi connectivity index (χ2n) is 6.80. The van der Waals surface area contributed by atoms with E-state index in [2.05, 4.69) is 28.5 Å². The van der Waals surface area contributed by atoms with Gasteiger partial charge in [-0.15, -0.1) is 12.4 Å². The van der Waals surface area contributed by atoms with Crippen LogP contribution in [0.4, 0.5) is 5.69 Å². The van der Waals surface area contributed by atoms with Crippen LogP contribution in [-0.2, 0) is 4.79 Å². The highest BCUT2D eigenvalue weighted by Crippen LogP contribution is 2.29. The minimum absolute atomic E-state index is 0. The minimum Gasteiger partial charge on any atom is -0.371 e. The van der Waals surface area contributed by atoms with Gasteiger partial charge in [-0.2, -0.15) is 0 Å². The number of carbonyl (C=O) groups is 1. The average molecular weight is 372 g/mol. The van der Waals surface area contributed by atoms with Crippen LogP contribution < -0.4 is 15.5 Å².